The van der Waals surface area contributed by atoms with Gasteiger partial charge in [0.25, 0.3) is 0 Å². The van der Waals surface area contributed by atoms with Gasteiger partial charge in [-0.25, -0.2) is 0 Å². The molecule has 0 aromatic carbocycles. The van der Waals surface area contributed by atoms with Crippen LogP contribution in [0.5, 0.6) is 0 Å². The summed E-state index contributed by atoms with van der Waals surface area (Å²) in [4.78, 5) is 0. The largest absolute Gasteiger partial charge is 0.394 e. The molecule has 0 aromatic rings. The molecule has 4 nitrogen and oxygen atoms in total. The summed E-state index contributed by atoms with van der Waals surface area (Å²) in [5.74, 6) is 0. The minimum atomic E-state index is -0.559. The van der Waals surface area contributed by atoms with Gasteiger partial charge in [0.15, 0.2) is 0 Å². The molecule has 1 fully saturated rings. The van der Waals surface area contributed by atoms with Crippen LogP contribution in [0.25, 0.3) is 0 Å². The zero-order valence-electron chi connectivity index (χ0n) is 9.06. The van der Waals surface area contributed by atoms with Crippen LogP contribution in [0.15, 0.2) is 0 Å². The fraction of sp³-hybridized carbons (Fsp3) is 1.00. The van der Waals surface area contributed by atoms with Crippen molar-refractivity contribution in [3.05, 3.63) is 0 Å². The average Bonchev–Trinajstić information content (AvgIpc) is 2.08. The lowest BCUT2D eigenvalue weighted by atomic mass is 9.90. The van der Waals surface area contributed by atoms with E-state index in [9.17, 15) is 5.11 Å². The first-order chi connectivity index (χ1) is 6.50. The van der Waals surface area contributed by atoms with Crippen LogP contribution in [0, 0.1) is 0 Å². The fourth-order valence-corrected chi connectivity index (χ4v) is 1.94. The van der Waals surface area contributed by atoms with E-state index < -0.39 is 18.3 Å². The quantitative estimate of drug-likeness (QED) is 0.694. The molecule has 1 heterocycles. The molecule has 0 bridgehead atoms. The summed E-state index contributed by atoms with van der Waals surface area (Å²) < 4.78 is 11.0. The van der Waals surface area contributed by atoms with Crippen molar-refractivity contribution in [3.63, 3.8) is 0 Å². The highest BCUT2D eigenvalue weighted by atomic mass is 16.6. The average molecular weight is 204 g/mol. The second kappa shape index (κ2) is 4.57. The van der Waals surface area contributed by atoms with Crippen LogP contribution in [0.2, 0.25) is 0 Å². The van der Waals surface area contributed by atoms with E-state index in [0.717, 1.165) is 0 Å². The van der Waals surface area contributed by atoms with Gasteiger partial charge >= 0.3 is 0 Å². The zero-order valence-corrected chi connectivity index (χ0v) is 9.06. The molecule has 1 aliphatic heterocycles. The molecule has 0 saturated carbocycles. The zero-order chi connectivity index (χ0) is 10.8. The van der Waals surface area contributed by atoms with Crippen LogP contribution in [0.3, 0.4) is 0 Å². The summed E-state index contributed by atoms with van der Waals surface area (Å²) in [6.45, 7) is 6.07. The van der Waals surface area contributed by atoms with Gasteiger partial charge in [0.1, 0.15) is 12.2 Å². The Hall–Kier alpha value is -0.160. The minimum absolute atomic E-state index is 0.120. The maximum atomic E-state index is 9.82. The second-order valence-electron chi connectivity index (χ2n) is 4.29. The Balaban J connectivity index is 2.66. The van der Waals surface area contributed by atoms with Gasteiger partial charge in [-0.15, -0.1) is 0 Å². The molecule has 0 aliphatic carbocycles. The van der Waals surface area contributed by atoms with Crippen LogP contribution in [0.4, 0.5) is 0 Å². The van der Waals surface area contributed by atoms with Crippen LogP contribution in [-0.4, -0.2) is 47.3 Å². The van der Waals surface area contributed by atoms with Gasteiger partial charge in [0.05, 0.1) is 18.3 Å². The van der Waals surface area contributed by atoms with Crippen LogP contribution < -0.4 is 0 Å². The van der Waals surface area contributed by atoms with E-state index in [4.69, 9.17) is 14.6 Å². The first-order valence-corrected chi connectivity index (χ1v) is 5.08. The van der Waals surface area contributed by atoms with Crippen molar-refractivity contribution in [2.75, 3.05) is 13.2 Å². The predicted molar refractivity (Wildman–Crippen MR) is 52.1 cm³/mol. The third-order valence-corrected chi connectivity index (χ3v) is 2.46. The maximum absolute atomic E-state index is 9.82. The van der Waals surface area contributed by atoms with Crippen LogP contribution >= 0.6 is 0 Å². The lowest BCUT2D eigenvalue weighted by molar-refractivity contribution is -0.224. The number of rotatable bonds is 3. The summed E-state index contributed by atoms with van der Waals surface area (Å²) in [5, 5.41) is 18.9. The number of aliphatic hydroxyl groups is 2. The van der Waals surface area contributed by atoms with Crippen LogP contribution in [-0.2, 0) is 9.47 Å². The van der Waals surface area contributed by atoms with Gasteiger partial charge < -0.3 is 19.7 Å². The van der Waals surface area contributed by atoms with E-state index in [0.29, 0.717) is 13.0 Å². The Morgan fingerprint density at radius 3 is 2.64 bits per heavy atom. The monoisotopic (exact) mass is 204 g/mol. The number of hydrogen-bond acceptors (Lipinski definition) is 4. The summed E-state index contributed by atoms with van der Waals surface area (Å²) >= 11 is 0. The summed E-state index contributed by atoms with van der Waals surface area (Å²) in [7, 11) is 0. The van der Waals surface area contributed by atoms with Crippen molar-refractivity contribution < 1.29 is 19.7 Å². The second-order valence-corrected chi connectivity index (χ2v) is 4.29. The topological polar surface area (TPSA) is 58.9 Å². The number of hydrogen-bond donors (Lipinski definition) is 2. The predicted octanol–water partition coefficient (Wildman–Crippen LogP) is 0.312. The Morgan fingerprint density at radius 1 is 1.50 bits per heavy atom. The van der Waals surface area contributed by atoms with Crippen molar-refractivity contribution in [2.24, 2.45) is 0 Å². The van der Waals surface area contributed by atoms with Crippen molar-refractivity contribution >= 4 is 0 Å². The van der Waals surface area contributed by atoms with E-state index in [1.807, 2.05) is 20.8 Å². The van der Waals surface area contributed by atoms with Crippen molar-refractivity contribution in [1.82, 2.24) is 0 Å². The first kappa shape index (κ1) is 11.9. The summed E-state index contributed by atoms with van der Waals surface area (Å²) in [6.07, 6.45) is -0.851. The molecule has 2 N–H and O–H groups in total. The molecule has 0 aromatic heterocycles. The molecule has 0 amide bonds. The molecule has 2 unspecified atom stereocenters. The van der Waals surface area contributed by atoms with E-state index in [2.05, 4.69) is 0 Å². The van der Waals surface area contributed by atoms with Crippen molar-refractivity contribution in [2.45, 2.75) is 51.1 Å². The Kier molecular flexibility index (Phi) is 3.89. The lowest BCUT2D eigenvalue weighted by Gasteiger charge is -2.43. The smallest absolute Gasteiger partial charge is 0.112 e. The molecular formula is C10H20O4. The Morgan fingerprint density at radius 2 is 2.14 bits per heavy atom. The van der Waals surface area contributed by atoms with Gasteiger partial charge in [-0.05, 0) is 20.8 Å². The highest BCUT2D eigenvalue weighted by molar-refractivity contribution is 4.90. The number of aliphatic hydroxyl groups excluding tert-OH is 2. The standard InChI is InChI=1S/C10H20O4/c1-4-13-9-7(12)5-10(2,3)14-8(9)6-11/h7-9,11-12H,4-6H2,1-3H3/t7?,8?,9-/m1/s1. The molecule has 1 rings (SSSR count). The number of ether oxygens (including phenoxy) is 2. The molecule has 0 spiro atoms. The minimum Gasteiger partial charge on any atom is -0.394 e. The molecular weight excluding hydrogens is 184 g/mol. The maximum Gasteiger partial charge on any atom is 0.112 e. The van der Waals surface area contributed by atoms with Crippen molar-refractivity contribution in [3.8, 4) is 0 Å². The SMILES string of the molecule is CCO[C@@H]1C(O)CC(C)(C)OC1CO. The third-order valence-electron chi connectivity index (χ3n) is 2.46. The van der Waals surface area contributed by atoms with E-state index in [-0.39, 0.29) is 12.2 Å². The van der Waals surface area contributed by atoms with Crippen LogP contribution in [0.1, 0.15) is 27.2 Å². The third kappa shape index (κ3) is 2.67. The Bertz CT molecular complexity index is 181. The molecule has 4 heteroatoms. The molecule has 0 radical (unpaired) electrons. The summed E-state index contributed by atoms with van der Waals surface area (Å²) in [6, 6.07) is 0. The Labute approximate surface area is 84.8 Å². The lowest BCUT2D eigenvalue weighted by Crippen LogP contribution is -2.54. The highest BCUT2D eigenvalue weighted by Gasteiger charge is 2.41. The molecule has 84 valence electrons. The fourth-order valence-electron chi connectivity index (χ4n) is 1.94. The molecule has 1 saturated heterocycles. The van der Waals surface area contributed by atoms with Gasteiger partial charge in [-0.1, -0.05) is 0 Å². The van der Waals surface area contributed by atoms with Gasteiger partial charge in [0, 0.05) is 13.0 Å². The van der Waals surface area contributed by atoms with Gasteiger partial charge in [-0.3, -0.25) is 0 Å². The van der Waals surface area contributed by atoms with E-state index in [1.165, 1.54) is 0 Å². The first-order valence-electron chi connectivity index (χ1n) is 5.08. The molecule has 14 heavy (non-hydrogen) atoms. The van der Waals surface area contributed by atoms with E-state index in [1.54, 1.807) is 0 Å². The molecule has 3 atom stereocenters. The van der Waals surface area contributed by atoms with E-state index >= 15 is 0 Å². The van der Waals surface area contributed by atoms with Gasteiger partial charge in [-0.2, -0.15) is 0 Å². The summed E-state index contributed by atoms with van der Waals surface area (Å²) in [5.41, 5.74) is -0.388. The van der Waals surface area contributed by atoms with Crippen molar-refractivity contribution in [1.29, 1.82) is 0 Å². The molecule has 1 aliphatic rings. The highest BCUT2D eigenvalue weighted by Crippen LogP contribution is 2.30. The van der Waals surface area contributed by atoms with Gasteiger partial charge in [0.2, 0.25) is 0 Å². The normalized spacial score (nSPS) is 37.1.